The second-order valence-corrected chi connectivity index (χ2v) is 8.17. The summed E-state index contributed by atoms with van der Waals surface area (Å²) in [5, 5.41) is 10.7. The minimum atomic E-state index is -0.475. The minimum Gasteiger partial charge on any atom is -0.456 e. The van der Waals surface area contributed by atoms with Gasteiger partial charge in [0.25, 0.3) is 5.69 Å². The lowest BCUT2D eigenvalue weighted by molar-refractivity contribution is -0.384. The van der Waals surface area contributed by atoms with Gasteiger partial charge in [0, 0.05) is 17.5 Å². The second-order valence-electron chi connectivity index (χ2n) is 8.17. The number of hydrogen-bond acceptors (Lipinski definition) is 5. The lowest BCUT2D eigenvalue weighted by Crippen LogP contribution is -2.63. The lowest BCUT2D eigenvalue weighted by atomic mass is 9.39. The zero-order chi connectivity index (χ0) is 17.2. The Balaban J connectivity index is 1.33. The number of hydrogen-bond donors (Lipinski definition) is 0. The quantitative estimate of drug-likeness (QED) is 0.476. The summed E-state index contributed by atoms with van der Waals surface area (Å²) in [6.45, 7) is 0. The fraction of sp³-hybridized carbons (Fsp3) is 0.632. The van der Waals surface area contributed by atoms with E-state index >= 15 is 0 Å². The van der Waals surface area contributed by atoms with E-state index in [0.29, 0.717) is 22.5 Å². The maximum Gasteiger partial charge on any atom is 0.338 e. The number of nitro benzene ring substituents is 1. The molecule has 1 aliphatic heterocycles. The summed E-state index contributed by atoms with van der Waals surface area (Å²) in [4.78, 5) is 22.8. The molecule has 3 saturated carbocycles. The second kappa shape index (κ2) is 5.04. The van der Waals surface area contributed by atoms with Crippen molar-refractivity contribution in [1.29, 1.82) is 0 Å². The molecule has 0 amide bonds. The number of fused-ring (bicyclic) bond motifs is 1. The van der Waals surface area contributed by atoms with Gasteiger partial charge in [-0.3, -0.25) is 10.1 Å². The van der Waals surface area contributed by atoms with E-state index in [4.69, 9.17) is 9.47 Å². The Morgan fingerprint density at radius 2 is 1.92 bits per heavy atom. The van der Waals surface area contributed by atoms with Crippen LogP contribution in [0.2, 0.25) is 0 Å². The predicted octanol–water partition coefficient (Wildman–Crippen LogP) is 3.63. The zero-order valence-corrected chi connectivity index (χ0v) is 14.0. The average molecular weight is 343 g/mol. The van der Waals surface area contributed by atoms with Crippen molar-refractivity contribution in [3.63, 3.8) is 0 Å². The Labute approximate surface area is 145 Å². The SMILES string of the molecule is O=C(O[C@@H]1C[C@@]23CCCC[C@@]24C[C@@H]1O[C@@H]4C3)c1ccc([N+](=O)[O-])cc1. The third kappa shape index (κ3) is 1.97. The molecule has 5 rings (SSSR count). The zero-order valence-electron chi connectivity index (χ0n) is 14.0. The summed E-state index contributed by atoms with van der Waals surface area (Å²) in [6.07, 6.45) is 8.28. The van der Waals surface area contributed by atoms with E-state index in [1.54, 1.807) is 0 Å². The molecule has 4 fully saturated rings. The Kier molecular flexibility index (Phi) is 3.08. The number of benzene rings is 1. The van der Waals surface area contributed by atoms with Crippen LogP contribution in [0.1, 0.15) is 55.3 Å². The van der Waals surface area contributed by atoms with Gasteiger partial charge in [-0.25, -0.2) is 4.79 Å². The molecule has 0 N–H and O–H groups in total. The fourth-order valence-electron chi connectivity index (χ4n) is 6.06. The predicted molar refractivity (Wildman–Crippen MR) is 88.1 cm³/mol. The summed E-state index contributed by atoms with van der Waals surface area (Å²) < 4.78 is 12.1. The van der Waals surface area contributed by atoms with Crippen LogP contribution in [0.15, 0.2) is 24.3 Å². The Bertz CT molecular complexity index is 747. The Morgan fingerprint density at radius 1 is 1.16 bits per heavy atom. The van der Waals surface area contributed by atoms with Crippen LogP contribution in [0.5, 0.6) is 0 Å². The van der Waals surface area contributed by atoms with Crippen molar-refractivity contribution in [2.45, 2.75) is 63.3 Å². The molecule has 2 bridgehead atoms. The topological polar surface area (TPSA) is 78.7 Å². The highest BCUT2D eigenvalue weighted by Gasteiger charge is 2.74. The number of rotatable bonds is 3. The molecule has 0 unspecified atom stereocenters. The fourth-order valence-corrected chi connectivity index (χ4v) is 6.06. The standard InChI is InChI=1S/C19H21NO5/c21-17(12-3-5-13(6-4-12)20(22)23)25-14-9-18-7-1-2-8-19(18)10-15(14)24-16(19)11-18/h3-6,14-16H,1-2,7-11H2/t14-,15+,16-,18-,19+/m1/s1. The van der Waals surface area contributed by atoms with E-state index in [0.717, 1.165) is 19.3 Å². The highest BCUT2D eigenvalue weighted by atomic mass is 16.6. The molecule has 1 spiro atoms. The van der Waals surface area contributed by atoms with Crippen LogP contribution in [-0.2, 0) is 9.47 Å². The Morgan fingerprint density at radius 3 is 2.68 bits per heavy atom. The molecule has 5 atom stereocenters. The van der Waals surface area contributed by atoms with Crippen LogP contribution < -0.4 is 0 Å². The van der Waals surface area contributed by atoms with Crippen molar-refractivity contribution in [3.05, 3.63) is 39.9 Å². The molecule has 1 heterocycles. The first-order valence-corrected chi connectivity index (χ1v) is 9.14. The number of esters is 1. The lowest BCUT2D eigenvalue weighted by Gasteiger charge is -2.65. The Hall–Kier alpha value is -1.95. The van der Waals surface area contributed by atoms with Gasteiger partial charge in [0.1, 0.15) is 6.10 Å². The van der Waals surface area contributed by atoms with Crippen molar-refractivity contribution >= 4 is 11.7 Å². The first kappa shape index (κ1) is 15.3. The van der Waals surface area contributed by atoms with E-state index in [1.165, 1.54) is 49.9 Å². The summed E-state index contributed by atoms with van der Waals surface area (Å²) >= 11 is 0. The molecule has 0 aromatic heterocycles. The molecular weight excluding hydrogens is 322 g/mol. The van der Waals surface area contributed by atoms with Crippen LogP contribution >= 0.6 is 0 Å². The summed E-state index contributed by atoms with van der Waals surface area (Å²) in [5.41, 5.74) is 0.990. The van der Waals surface area contributed by atoms with Crippen LogP contribution in [0.4, 0.5) is 5.69 Å². The first-order chi connectivity index (χ1) is 12.0. The van der Waals surface area contributed by atoms with Gasteiger partial charge in [0.15, 0.2) is 0 Å². The number of nitrogens with zero attached hydrogens (tertiary/aromatic N) is 1. The number of nitro groups is 1. The van der Waals surface area contributed by atoms with E-state index < -0.39 is 10.9 Å². The number of carbonyl (C=O) groups is 1. The third-order valence-corrected chi connectivity index (χ3v) is 7.26. The van der Waals surface area contributed by atoms with Crippen molar-refractivity contribution in [1.82, 2.24) is 0 Å². The normalized spacial score (nSPS) is 40.7. The van der Waals surface area contributed by atoms with E-state index in [1.807, 2.05) is 0 Å². The van der Waals surface area contributed by atoms with Crippen LogP contribution in [0.25, 0.3) is 0 Å². The van der Waals surface area contributed by atoms with Gasteiger partial charge in [-0.1, -0.05) is 12.8 Å². The molecule has 6 heteroatoms. The van der Waals surface area contributed by atoms with E-state index in [2.05, 4.69) is 0 Å². The van der Waals surface area contributed by atoms with Gasteiger partial charge in [-0.05, 0) is 49.7 Å². The van der Waals surface area contributed by atoms with Gasteiger partial charge in [0.2, 0.25) is 0 Å². The van der Waals surface area contributed by atoms with Crippen molar-refractivity contribution in [2.24, 2.45) is 10.8 Å². The maximum atomic E-state index is 12.5. The van der Waals surface area contributed by atoms with Crippen LogP contribution in [-0.4, -0.2) is 29.2 Å². The molecular formula is C19H21NO5. The molecule has 1 saturated heterocycles. The first-order valence-electron chi connectivity index (χ1n) is 9.14. The molecule has 6 nitrogen and oxygen atoms in total. The minimum absolute atomic E-state index is 0.0146. The van der Waals surface area contributed by atoms with Gasteiger partial charge in [-0.2, -0.15) is 0 Å². The third-order valence-electron chi connectivity index (χ3n) is 7.26. The van der Waals surface area contributed by atoms with Crippen LogP contribution in [0.3, 0.4) is 0 Å². The molecule has 132 valence electrons. The highest BCUT2D eigenvalue weighted by molar-refractivity contribution is 5.89. The van der Waals surface area contributed by atoms with Gasteiger partial charge < -0.3 is 9.47 Å². The molecule has 1 aromatic carbocycles. The molecule has 25 heavy (non-hydrogen) atoms. The monoisotopic (exact) mass is 343 g/mol. The highest BCUT2D eigenvalue weighted by Crippen LogP contribution is 2.75. The largest absolute Gasteiger partial charge is 0.456 e. The van der Waals surface area contributed by atoms with Crippen LogP contribution in [0, 0.1) is 20.9 Å². The number of carbonyl (C=O) groups excluding carboxylic acids is 1. The summed E-state index contributed by atoms with van der Waals surface area (Å²) in [5.74, 6) is -0.410. The summed E-state index contributed by atoms with van der Waals surface area (Å²) in [7, 11) is 0. The van der Waals surface area contributed by atoms with Gasteiger partial charge in [-0.15, -0.1) is 0 Å². The average Bonchev–Trinajstić information content (AvgIpc) is 2.75. The smallest absolute Gasteiger partial charge is 0.338 e. The molecule has 0 radical (unpaired) electrons. The van der Waals surface area contributed by atoms with Crippen molar-refractivity contribution in [2.75, 3.05) is 0 Å². The summed E-state index contributed by atoms with van der Waals surface area (Å²) in [6, 6.07) is 5.60. The van der Waals surface area contributed by atoms with Gasteiger partial charge >= 0.3 is 5.97 Å². The molecule has 1 aromatic rings. The van der Waals surface area contributed by atoms with Crippen molar-refractivity contribution < 1.29 is 19.2 Å². The molecule has 3 aliphatic carbocycles. The molecule has 4 aliphatic rings. The van der Waals surface area contributed by atoms with Crippen molar-refractivity contribution in [3.8, 4) is 0 Å². The maximum absolute atomic E-state index is 12.5. The van der Waals surface area contributed by atoms with Gasteiger partial charge in [0.05, 0.1) is 22.7 Å². The van der Waals surface area contributed by atoms with E-state index in [9.17, 15) is 14.9 Å². The number of ether oxygens (including phenoxy) is 2. The number of non-ortho nitro benzene ring substituents is 1. The van der Waals surface area contributed by atoms with E-state index in [-0.39, 0.29) is 17.9 Å².